The lowest BCUT2D eigenvalue weighted by molar-refractivity contribution is -0.132. The number of hydrogen-bond donors (Lipinski definition) is 2. The smallest absolute Gasteiger partial charge is 0.369 e. The number of aliphatic imine (C=N–C) groups is 1. The van der Waals surface area contributed by atoms with Crippen molar-refractivity contribution in [3.8, 4) is 0 Å². The number of anilines is 1. The van der Waals surface area contributed by atoms with E-state index in [0.717, 1.165) is 25.2 Å². The van der Waals surface area contributed by atoms with Crippen LogP contribution in [0.1, 0.15) is 12.8 Å². The SMILES string of the molecule is CN=C(NCCC(F)(F)F)NC1CCN(c2cccc(Cl)c2)C1. The summed E-state index contributed by atoms with van der Waals surface area (Å²) in [4.78, 5) is 6.16. The summed E-state index contributed by atoms with van der Waals surface area (Å²) >= 11 is 6.00. The summed E-state index contributed by atoms with van der Waals surface area (Å²) in [6.07, 6.45) is -4.16. The van der Waals surface area contributed by atoms with E-state index in [1.165, 1.54) is 0 Å². The standard InChI is InChI=1S/C15H20ClF3N4/c1-20-14(21-7-6-15(17,18)19)22-12-5-8-23(10-12)13-4-2-3-11(16)9-13/h2-4,9,12H,5-8,10H2,1H3,(H2,20,21,22). The zero-order valence-electron chi connectivity index (χ0n) is 12.8. The van der Waals surface area contributed by atoms with E-state index in [1.54, 1.807) is 7.05 Å². The Morgan fingerprint density at radius 3 is 2.87 bits per heavy atom. The number of benzene rings is 1. The summed E-state index contributed by atoms with van der Waals surface area (Å²) in [7, 11) is 1.55. The van der Waals surface area contributed by atoms with Gasteiger partial charge in [-0.2, -0.15) is 13.2 Å². The van der Waals surface area contributed by atoms with Gasteiger partial charge in [0.15, 0.2) is 5.96 Å². The number of rotatable bonds is 4. The van der Waals surface area contributed by atoms with Crippen molar-refractivity contribution in [2.45, 2.75) is 25.1 Å². The summed E-state index contributed by atoms with van der Waals surface area (Å²) in [6.45, 7) is 1.42. The van der Waals surface area contributed by atoms with Crippen molar-refractivity contribution < 1.29 is 13.2 Å². The molecule has 1 heterocycles. The van der Waals surface area contributed by atoms with Crippen LogP contribution in [0.2, 0.25) is 5.02 Å². The molecule has 0 amide bonds. The van der Waals surface area contributed by atoms with Gasteiger partial charge in [-0.1, -0.05) is 17.7 Å². The highest BCUT2D eigenvalue weighted by Gasteiger charge is 2.27. The van der Waals surface area contributed by atoms with E-state index in [-0.39, 0.29) is 12.6 Å². The monoisotopic (exact) mass is 348 g/mol. The van der Waals surface area contributed by atoms with Crippen molar-refractivity contribution in [3.63, 3.8) is 0 Å². The number of nitrogens with one attached hydrogen (secondary N) is 2. The summed E-state index contributed by atoms with van der Waals surface area (Å²) in [5.41, 5.74) is 1.04. The Bertz CT molecular complexity index is 548. The fourth-order valence-corrected chi connectivity index (χ4v) is 2.68. The molecule has 0 spiro atoms. The van der Waals surface area contributed by atoms with Gasteiger partial charge >= 0.3 is 6.18 Å². The van der Waals surface area contributed by atoms with Crippen LogP contribution >= 0.6 is 11.6 Å². The van der Waals surface area contributed by atoms with Gasteiger partial charge in [-0.25, -0.2) is 0 Å². The van der Waals surface area contributed by atoms with Crippen molar-refractivity contribution in [2.24, 2.45) is 4.99 Å². The first kappa shape index (κ1) is 17.7. The van der Waals surface area contributed by atoms with Gasteiger partial charge in [-0.15, -0.1) is 0 Å². The minimum absolute atomic E-state index is 0.131. The Balaban J connectivity index is 1.82. The van der Waals surface area contributed by atoms with E-state index >= 15 is 0 Å². The molecule has 0 radical (unpaired) electrons. The summed E-state index contributed by atoms with van der Waals surface area (Å²) < 4.78 is 36.5. The van der Waals surface area contributed by atoms with Crippen LogP contribution in [0.5, 0.6) is 0 Å². The Hall–Kier alpha value is -1.63. The quantitative estimate of drug-likeness (QED) is 0.649. The predicted molar refractivity (Wildman–Crippen MR) is 87.2 cm³/mol. The lowest BCUT2D eigenvalue weighted by Crippen LogP contribution is -2.45. The van der Waals surface area contributed by atoms with Gasteiger partial charge in [-0.05, 0) is 24.6 Å². The molecule has 8 heteroatoms. The van der Waals surface area contributed by atoms with E-state index in [1.807, 2.05) is 24.3 Å². The molecule has 128 valence electrons. The average Bonchev–Trinajstić information content (AvgIpc) is 2.93. The third kappa shape index (κ3) is 5.82. The number of hydrogen-bond acceptors (Lipinski definition) is 2. The molecule has 0 bridgehead atoms. The molecule has 1 saturated heterocycles. The van der Waals surface area contributed by atoms with Crippen LogP contribution in [0, 0.1) is 0 Å². The van der Waals surface area contributed by atoms with Crippen LogP contribution in [-0.4, -0.2) is 44.9 Å². The van der Waals surface area contributed by atoms with Gasteiger partial charge < -0.3 is 15.5 Å². The molecule has 1 atom stereocenters. The van der Waals surface area contributed by atoms with E-state index < -0.39 is 12.6 Å². The summed E-state index contributed by atoms with van der Waals surface area (Å²) in [5.74, 6) is 0.396. The maximum Gasteiger partial charge on any atom is 0.390 e. The van der Waals surface area contributed by atoms with Crippen LogP contribution in [0.15, 0.2) is 29.3 Å². The molecule has 4 nitrogen and oxygen atoms in total. The predicted octanol–water partition coefficient (Wildman–Crippen LogP) is 3.04. The first-order valence-corrected chi connectivity index (χ1v) is 7.79. The first-order valence-electron chi connectivity index (χ1n) is 7.42. The Morgan fingerprint density at radius 2 is 2.22 bits per heavy atom. The molecular weight excluding hydrogens is 329 g/mol. The minimum atomic E-state index is -4.16. The minimum Gasteiger partial charge on any atom is -0.369 e. The normalized spacial score (nSPS) is 19.1. The van der Waals surface area contributed by atoms with Crippen molar-refractivity contribution >= 4 is 23.2 Å². The highest BCUT2D eigenvalue weighted by Crippen LogP contribution is 2.23. The Morgan fingerprint density at radius 1 is 1.43 bits per heavy atom. The molecule has 1 aromatic rings. The van der Waals surface area contributed by atoms with Crippen molar-refractivity contribution in [1.82, 2.24) is 10.6 Å². The number of nitrogens with zero attached hydrogens (tertiary/aromatic N) is 2. The summed E-state index contributed by atoms with van der Waals surface area (Å²) in [6, 6.07) is 7.75. The maximum atomic E-state index is 12.2. The van der Waals surface area contributed by atoms with Gasteiger partial charge in [0.2, 0.25) is 0 Å². The topological polar surface area (TPSA) is 39.7 Å². The van der Waals surface area contributed by atoms with Crippen LogP contribution in [0.3, 0.4) is 0 Å². The molecule has 1 aromatic carbocycles. The van der Waals surface area contributed by atoms with Gasteiger partial charge in [0.05, 0.1) is 6.42 Å². The van der Waals surface area contributed by atoms with Crippen LogP contribution in [0.4, 0.5) is 18.9 Å². The molecule has 23 heavy (non-hydrogen) atoms. The van der Waals surface area contributed by atoms with Crippen molar-refractivity contribution in [2.75, 3.05) is 31.6 Å². The van der Waals surface area contributed by atoms with Gasteiger partial charge in [0, 0.05) is 43.4 Å². The number of halogens is 4. The highest BCUT2D eigenvalue weighted by atomic mass is 35.5. The molecule has 2 rings (SSSR count). The molecule has 2 N–H and O–H groups in total. The van der Waals surface area contributed by atoms with E-state index in [4.69, 9.17) is 11.6 Å². The fourth-order valence-electron chi connectivity index (χ4n) is 2.50. The molecule has 1 aliphatic rings. The van der Waals surface area contributed by atoms with E-state index in [2.05, 4.69) is 20.5 Å². The maximum absolute atomic E-state index is 12.2. The second kappa shape index (κ2) is 7.77. The zero-order valence-corrected chi connectivity index (χ0v) is 13.6. The lowest BCUT2D eigenvalue weighted by Gasteiger charge is -2.20. The largest absolute Gasteiger partial charge is 0.390 e. The third-order valence-corrected chi connectivity index (χ3v) is 3.86. The second-order valence-corrected chi connectivity index (χ2v) is 5.86. The highest BCUT2D eigenvalue weighted by molar-refractivity contribution is 6.30. The molecule has 1 fully saturated rings. The fraction of sp³-hybridized carbons (Fsp3) is 0.533. The van der Waals surface area contributed by atoms with E-state index in [0.29, 0.717) is 11.0 Å². The molecule has 0 saturated carbocycles. The van der Waals surface area contributed by atoms with Crippen molar-refractivity contribution in [3.05, 3.63) is 29.3 Å². The number of guanidine groups is 1. The third-order valence-electron chi connectivity index (χ3n) is 3.63. The van der Waals surface area contributed by atoms with Gasteiger partial charge in [-0.3, -0.25) is 4.99 Å². The second-order valence-electron chi connectivity index (χ2n) is 5.42. The van der Waals surface area contributed by atoms with Crippen LogP contribution in [0.25, 0.3) is 0 Å². The van der Waals surface area contributed by atoms with E-state index in [9.17, 15) is 13.2 Å². The molecule has 1 aliphatic heterocycles. The van der Waals surface area contributed by atoms with Gasteiger partial charge in [0.1, 0.15) is 0 Å². The average molecular weight is 349 g/mol. The Labute approximate surface area is 138 Å². The van der Waals surface area contributed by atoms with Gasteiger partial charge in [0.25, 0.3) is 0 Å². The summed E-state index contributed by atoms with van der Waals surface area (Å²) in [5, 5.41) is 6.54. The number of alkyl halides is 3. The molecule has 0 aromatic heterocycles. The van der Waals surface area contributed by atoms with Crippen molar-refractivity contribution in [1.29, 1.82) is 0 Å². The molecule has 1 unspecified atom stereocenters. The Kier molecular flexibility index (Phi) is 5.98. The van der Waals surface area contributed by atoms with Crippen LogP contribution < -0.4 is 15.5 Å². The molecular formula is C15H20ClF3N4. The first-order chi connectivity index (χ1) is 10.9. The lowest BCUT2D eigenvalue weighted by atomic mass is 10.2. The van der Waals surface area contributed by atoms with Crippen LogP contribution in [-0.2, 0) is 0 Å². The molecule has 0 aliphatic carbocycles. The zero-order chi connectivity index (χ0) is 16.9.